The summed E-state index contributed by atoms with van der Waals surface area (Å²) < 4.78 is 5.68. The Hall–Kier alpha value is -3.15. The predicted molar refractivity (Wildman–Crippen MR) is 115 cm³/mol. The summed E-state index contributed by atoms with van der Waals surface area (Å²) in [5.41, 5.74) is 2.01. The lowest BCUT2D eigenvalue weighted by Crippen LogP contribution is -2.32. The van der Waals surface area contributed by atoms with Gasteiger partial charge >= 0.3 is 0 Å². The monoisotopic (exact) mass is 408 g/mol. The van der Waals surface area contributed by atoms with Crippen LogP contribution < -0.4 is 4.74 Å². The molecule has 0 unspecified atom stereocenters. The van der Waals surface area contributed by atoms with E-state index in [9.17, 15) is 14.4 Å². The minimum absolute atomic E-state index is 0.0985. The lowest BCUT2D eigenvalue weighted by atomic mass is 10.1. The molecule has 2 aromatic rings. The van der Waals surface area contributed by atoms with Gasteiger partial charge in [-0.1, -0.05) is 31.5 Å². The molecule has 0 saturated carbocycles. The van der Waals surface area contributed by atoms with Gasteiger partial charge in [-0.3, -0.25) is 19.3 Å². The molecule has 0 atom stereocenters. The minimum atomic E-state index is -0.310. The maximum Gasteiger partial charge on any atom is 0.261 e. The second kappa shape index (κ2) is 9.57. The van der Waals surface area contributed by atoms with Gasteiger partial charge in [0.2, 0.25) is 0 Å². The molecule has 1 aliphatic heterocycles. The van der Waals surface area contributed by atoms with E-state index in [1.54, 1.807) is 47.4 Å². The van der Waals surface area contributed by atoms with Crippen LogP contribution in [-0.2, 0) is 6.54 Å². The molecule has 0 spiro atoms. The Bertz CT molecular complexity index is 919. The molecule has 0 saturated heterocycles. The summed E-state index contributed by atoms with van der Waals surface area (Å²) in [7, 11) is 0. The van der Waals surface area contributed by atoms with E-state index in [1.807, 2.05) is 13.8 Å². The highest BCUT2D eigenvalue weighted by Gasteiger charge is 2.35. The van der Waals surface area contributed by atoms with Crippen molar-refractivity contribution >= 4 is 17.7 Å². The molecule has 3 amide bonds. The van der Waals surface area contributed by atoms with E-state index in [0.29, 0.717) is 47.7 Å². The zero-order valence-corrected chi connectivity index (χ0v) is 17.8. The first-order valence-electron chi connectivity index (χ1n) is 10.5. The largest absolute Gasteiger partial charge is 0.493 e. The topological polar surface area (TPSA) is 66.9 Å². The van der Waals surface area contributed by atoms with Crippen LogP contribution in [0.5, 0.6) is 5.75 Å². The molecular formula is C24H28N2O4. The van der Waals surface area contributed by atoms with E-state index in [1.165, 1.54) is 4.90 Å². The summed E-state index contributed by atoms with van der Waals surface area (Å²) in [6.07, 6.45) is 1.93. The molecule has 0 N–H and O–H groups in total. The number of benzene rings is 2. The number of hydrogen-bond acceptors (Lipinski definition) is 4. The minimum Gasteiger partial charge on any atom is -0.493 e. The van der Waals surface area contributed by atoms with E-state index in [0.717, 1.165) is 12.8 Å². The van der Waals surface area contributed by atoms with E-state index < -0.39 is 0 Å². The molecule has 3 rings (SSSR count). The standard InChI is InChI=1S/C24H28N2O4/c1-4-7-14-25(5-2)22(27)20-15-17(12-13-21(20)30-6-3)16-26-23(28)18-10-8-9-11-19(18)24(26)29/h8-13,15H,4-7,14,16H2,1-3H3. The number of unbranched alkanes of at least 4 members (excludes halogenated alkanes) is 1. The highest BCUT2D eigenvalue weighted by atomic mass is 16.5. The number of rotatable bonds is 9. The first-order valence-corrected chi connectivity index (χ1v) is 10.5. The summed E-state index contributed by atoms with van der Waals surface area (Å²) in [4.78, 5) is 41.6. The molecule has 0 aliphatic carbocycles. The summed E-state index contributed by atoms with van der Waals surface area (Å²) >= 11 is 0. The molecule has 6 heteroatoms. The molecule has 1 heterocycles. The smallest absolute Gasteiger partial charge is 0.261 e. The average molecular weight is 408 g/mol. The zero-order valence-electron chi connectivity index (χ0n) is 17.8. The van der Waals surface area contributed by atoms with Gasteiger partial charge in [0.15, 0.2) is 0 Å². The van der Waals surface area contributed by atoms with Gasteiger partial charge in [-0.2, -0.15) is 0 Å². The van der Waals surface area contributed by atoms with E-state index in [-0.39, 0.29) is 24.3 Å². The van der Waals surface area contributed by atoms with E-state index in [2.05, 4.69) is 6.92 Å². The van der Waals surface area contributed by atoms with Crippen LogP contribution in [0.25, 0.3) is 0 Å². The number of nitrogens with zero attached hydrogens (tertiary/aromatic N) is 2. The Kier molecular flexibility index (Phi) is 6.87. The van der Waals surface area contributed by atoms with Gasteiger partial charge in [0.25, 0.3) is 17.7 Å². The third-order valence-electron chi connectivity index (χ3n) is 5.24. The Morgan fingerprint density at radius 2 is 1.67 bits per heavy atom. The van der Waals surface area contributed by atoms with Crippen molar-refractivity contribution in [3.63, 3.8) is 0 Å². The quantitative estimate of drug-likeness (QED) is 0.585. The molecule has 1 aliphatic rings. The van der Waals surface area contributed by atoms with Gasteiger partial charge in [-0.15, -0.1) is 0 Å². The molecule has 0 fully saturated rings. The third-order valence-corrected chi connectivity index (χ3v) is 5.24. The Balaban J connectivity index is 1.88. The maximum absolute atomic E-state index is 13.2. The summed E-state index contributed by atoms with van der Waals surface area (Å²) in [5, 5.41) is 0. The van der Waals surface area contributed by atoms with Crippen molar-refractivity contribution in [1.29, 1.82) is 0 Å². The Morgan fingerprint density at radius 3 is 2.23 bits per heavy atom. The van der Waals surface area contributed by atoms with Crippen LogP contribution in [0, 0.1) is 0 Å². The highest BCUT2D eigenvalue weighted by Crippen LogP contribution is 2.27. The van der Waals surface area contributed by atoms with Crippen molar-refractivity contribution in [3.8, 4) is 5.75 Å². The van der Waals surface area contributed by atoms with Gasteiger partial charge in [0.1, 0.15) is 5.75 Å². The average Bonchev–Trinajstić information content (AvgIpc) is 3.00. The SMILES string of the molecule is CCCCN(CC)C(=O)c1cc(CN2C(=O)c3ccccc3C2=O)ccc1OCC. The molecular weight excluding hydrogens is 380 g/mol. The number of ether oxygens (including phenoxy) is 1. The molecule has 158 valence electrons. The van der Waals surface area contributed by atoms with Gasteiger partial charge < -0.3 is 9.64 Å². The van der Waals surface area contributed by atoms with Crippen LogP contribution in [0.1, 0.15) is 70.3 Å². The lowest BCUT2D eigenvalue weighted by Gasteiger charge is -2.23. The van der Waals surface area contributed by atoms with E-state index >= 15 is 0 Å². The Labute approximate surface area is 177 Å². The molecule has 6 nitrogen and oxygen atoms in total. The lowest BCUT2D eigenvalue weighted by molar-refractivity contribution is 0.0642. The highest BCUT2D eigenvalue weighted by molar-refractivity contribution is 6.21. The number of fused-ring (bicyclic) bond motifs is 1. The van der Waals surface area contributed by atoms with Crippen molar-refractivity contribution in [2.24, 2.45) is 0 Å². The van der Waals surface area contributed by atoms with Gasteiger partial charge in [-0.05, 0) is 50.1 Å². The summed E-state index contributed by atoms with van der Waals surface area (Å²) in [6.45, 7) is 7.76. The molecule has 0 aromatic heterocycles. The number of carbonyl (C=O) groups is 3. The first kappa shape index (κ1) is 21.6. The number of amides is 3. The molecule has 0 radical (unpaired) electrons. The number of imide groups is 1. The van der Waals surface area contributed by atoms with Crippen LogP contribution in [0.15, 0.2) is 42.5 Å². The van der Waals surface area contributed by atoms with Crippen LogP contribution in [0.2, 0.25) is 0 Å². The van der Waals surface area contributed by atoms with Crippen molar-refractivity contribution < 1.29 is 19.1 Å². The molecule has 2 aromatic carbocycles. The van der Waals surface area contributed by atoms with Crippen LogP contribution >= 0.6 is 0 Å². The van der Waals surface area contributed by atoms with Crippen molar-refractivity contribution in [3.05, 3.63) is 64.7 Å². The van der Waals surface area contributed by atoms with Crippen molar-refractivity contribution in [2.75, 3.05) is 19.7 Å². The van der Waals surface area contributed by atoms with Crippen molar-refractivity contribution in [2.45, 2.75) is 40.2 Å². The number of carbonyl (C=O) groups excluding carboxylic acids is 3. The van der Waals surface area contributed by atoms with Crippen molar-refractivity contribution in [1.82, 2.24) is 9.80 Å². The van der Waals surface area contributed by atoms with Crippen LogP contribution in [-0.4, -0.2) is 47.2 Å². The van der Waals surface area contributed by atoms with E-state index in [4.69, 9.17) is 4.74 Å². The summed E-state index contributed by atoms with van der Waals surface area (Å²) in [6, 6.07) is 12.1. The summed E-state index contributed by atoms with van der Waals surface area (Å²) in [5.74, 6) is -0.201. The van der Waals surface area contributed by atoms with Gasteiger partial charge in [0, 0.05) is 13.1 Å². The molecule has 30 heavy (non-hydrogen) atoms. The van der Waals surface area contributed by atoms with Gasteiger partial charge in [-0.25, -0.2) is 0 Å². The van der Waals surface area contributed by atoms with Crippen LogP contribution in [0.4, 0.5) is 0 Å². The Morgan fingerprint density at radius 1 is 1.00 bits per heavy atom. The number of hydrogen-bond donors (Lipinski definition) is 0. The van der Waals surface area contributed by atoms with Crippen LogP contribution in [0.3, 0.4) is 0 Å². The normalized spacial score (nSPS) is 12.8. The second-order valence-corrected chi connectivity index (χ2v) is 7.24. The zero-order chi connectivity index (χ0) is 21.7. The second-order valence-electron chi connectivity index (χ2n) is 7.24. The first-order chi connectivity index (χ1) is 14.5. The fourth-order valence-corrected chi connectivity index (χ4v) is 3.61. The third kappa shape index (κ3) is 4.22. The fourth-order valence-electron chi connectivity index (χ4n) is 3.61. The molecule has 0 bridgehead atoms. The predicted octanol–water partition coefficient (Wildman–Crippen LogP) is 4.14. The van der Waals surface area contributed by atoms with Gasteiger partial charge in [0.05, 0.1) is 29.8 Å². The fraction of sp³-hybridized carbons (Fsp3) is 0.375. The maximum atomic E-state index is 13.2.